The molecule has 1 N–H and O–H groups in total. The number of ether oxygens (including phenoxy) is 2. The van der Waals surface area contributed by atoms with E-state index in [4.69, 9.17) is 4.74 Å². The second-order valence-corrected chi connectivity index (χ2v) is 6.41. The quantitative estimate of drug-likeness (QED) is 0.836. The monoisotopic (exact) mass is 322 g/mol. The molecule has 22 heavy (non-hydrogen) atoms. The molecule has 118 valence electrons. The third-order valence-corrected chi connectivity index (χ3v) is 4.67. The Bertz CT molecular complexity index is 618. The molecule has 1 amide bonds. The van der Waals surface area contributed by atoms with E-state index in [1.54, 1.807) is 0 Å². The Morgan fingerprint density at radius 3 is 2.91 bits per heavy atom. The van der Waals surface area contributed by atoms with Gasteiger partial charge in [0.25, 0.3) is 5.91 Å². The van der Waals surface area contributed by atoms with E-state index in [1.807, 2.05) is 0 Å². The van der Waals surface area contributed by atoms with Crippen molar-refractivity contribution in [3.8, 4) is 6.07 Å². The van der Waals surface area contributed by atoms with Gasteiger partial charge >= 0.3 is 5.97 Å². The highest BCUT2D eigenvalue weighted by molar-refractivity contribution is 7.16. The van der Waals surface area contributed by atoms with Gasteiger partial charge < -0.3 is 14.8 Å². The van der Waals surface area contributed by atoms with Gasteiger partial charge in [-0.05, 0) is 30.7 Å². The van der Waals surface area contributed by atoms with Crippen molar-refractivity contribution in [2.45, 2.75) is 26.2 Å². The minimum Gasteiger partial charge on any atom is -0.454 e. The van der Waals surface area contributed by atoms with Crippen molar-refractivity contribution >= 4 is 28.2 Å². The van der Waals surface area contributed by atoms with Crippen molar-refractivity contribution in [2.75, 3.05) is 25.6 Å². The van der Waals surface area contributed by atoms with Gasteiger partial charge in [0.15, 0.2) is 6.61 Å². The van der Waals surface area contributed by atoms with E-state index in [-0.39, 0.29) is 13.2 Å². The van der Waals surface area contributed by atoms with Crippen molar-refractivity contribution in [2.24, 2.45) is 5.92 Å². The zero-order valence-electron chi connectivity index (χ0n) is 12.6. The van der Waals surface area contributed by atoms with Gasteiger partial charge in [-0.25, -0.2) is 4.79 Å². The van der Waals surface area contributed by atoms with Gasteiger partial charge in [0.1, 0.15) is 17.7 Å². The fourth-order valence-electron chi connectivity index (χ4n) is 2.43. The Balaban J connectivity index is 2.02. The molecular formula is C15H18N2O4S. The number of nitrogens with one attached hydrogen (secondary N) is 1. The molecule has 0 unspecified atom stereocenters. The van der Waals surface area contributed by atoms with Crippen LogP contribution in [0.5, 0.6) is 0 Å². The molecule has 1 heterocycles. The first-order chi connectivity index (χ1) is 10.5. The zero-order chi connectivity index (χ0) is 16.1. The molecule has 0 fully saturated rings. The molecule has 0 aliphatic heterocycles. The zero-order valence-corrected chi connectivity index (χ0v) is 13.4. The number of hydrogen-bond donors (Lipinski definition) is 1. The number of esters is 1. The van der Waals surface area contributed by atoms with E-state index in [0.29, 0.717) is 16.5 Å². The van der Waals surface area contributed by atoms with E-state index < -0.39 is 11.9 Å². The van der Waals surface area contributed by atoms with Crippen LogP contribution in [0.4, 0.5) is 5.00 Å². The normalized spacial score (nSPS) is 16.5. The summed E-state index contributed by atoms with van der Waals surface area (Å²) in [5.41, 5.74) is 1.60. The third kappa shape index (κ3) is 3.84. The molecule has 0 saturated heterocycles. The number of nitrogens with zero attached hydrogens (tertiary/aromatic N) is 1. The lowest BCUT2D eigenvalue weighted by molar-refractivity contribution is -0.150. The van der Waals surface area contributed by atoms with E-state index in [0.717, 1.165) is 24.8 Å². The molecule has 1 aromatic rings. The number of thiophene rings is 1. The SMILES string of the molecule is COCC(=O)OCC(=O)Nc1sc2c(c1C#N)CC[C@@H](C)C2. The van der Waals surface area contributed by atoms with Crippen molar-refractivity contribution < 1.29 is 19.1 Å². The van der Waals surface area contributed by atoms with Crippen LogP contribution in [0.3, 0.4) is 0 Å². The molecule has 0 bridgehead atoms. The van der Waals surface area contributed by atoms with Gasteiger partial charge in [-0.15, -0.1) is 11.3 Å². The summed E-state index contributed by atoms with van der Waals surface area (Å²) >= 11 is 1.44. The van der Waals surface area contributed by atoms with E-state index in [1.165, 1.54) is 23.3 Å². The van der Waals surface area contributed by atoms with Crippen LogP contribution in [0.1, 0.15) is 29.3 Å². The van der Waals surface area contributed by atoms with Gasteiger partial charge in [-0.3, -0.25) is 4.79 Å². The Morgan fingerprint density at radius 2 is 2.23 bits per heavy atom. The summed E-state index contributed by atoms with van der Waals surface area (Å²) in [5.74, 6) is -0.457. The fraction of sp³-hybridized carbons (Fsp3) is 0.533. The number of fused-ring (bicyclic) bond motifs is 1. The van der Waals surface area contributed by atoms with Crippen LogP contribution in [0, 0.1) is 17.2 Å². The molecule has 0 saturated carbocycles. The summed E-state index contributed by atoms with van der Waals surface area (Å²) < 4.78 is 9.36. The smallest absolute Gasteiger partial charge is 0.332 e. The summed E-state index contributed by atoms with van der Waals surface area (Å²) in [4.78, 5) is 24.1. The summed E-state index contributed by atoms with van der Waals surface area (Å²) in [6, 6.07) is 2.18. The van der Waals surface area contributed by atoms with Crippen molar-refractivity contribution in [3.05, 3.63) is 16.0 Å². The highest BCUT2D eigenvalue weighted by atomic mass is 32.1. The molecule has 2 rings (SSSR count). The van der Waals surface area contributed by atoms with Crippen LogP contribution in [0.15, 0.2) is 0 Å². The summed E-state index contributed by atoms with van der Waals surface area (Å²) in [6.45, 7) is 1.61. The molecule has 6 nitrogen and oxygen atoms in total. The number of hydrogen-bond acceptors (Lipinski definition) is 6. The Hall–Kier alpha value is -1.91. The predicted molar refractivity (Wildman–Crippen MR) is 81.7 cm³/mol. The number of anilines is 1. The molecule has 1 aliphatic rings. The van der Waals surface area contributed by atoms with Crippen LogP contribution < -0.4 is 5.32 Å². The second kappa shape index (κ2) is 7.38. The Labute approximate surface area is 133 Å². The summed E-state index contributed by atoms with van der Waals surface area (Å²) in [5, 5.41) is 12.6. The van der Waals surface area contributed by atoms with Gasteiger partial charge in [0, 0.05) is 12.0 Å². The van der Waals surface area contributed by atoms with Crippen LogP contribution >= 0.6 is 11.3 Å². The first-order valence-corrected chi connectivity index (χ1v) is 7.85. The van der Waals surface area contributed by atoms with E-state index in [2.05, 4.69) is 23.0 Å². The molecule has 1 aromatic heterocycles. The number of carbonyl (C=O) groups is 2. The number of carbonyl (C=O) groups excluding carboxylic acids is 2. The lowest BCUT2D eigenvalue weighted by Crippen LogP contribution is -2.22. The summed E-state index contributed by atoms with van der Waals surface area (Å²) in [7, 11) is 1.37. The minimum absolute atomic E-state index is 0.193. The van der Waals surface area contributed by atoms with Gasteiger partial charge in [0.05, 0.1) is 5.56 Å². The molecule has 1 atom stereocenters. The van der Waals surface area contributed by atoms with Crippen LogP contribution in [0.25, 0.3) is 0 Å². The fourth-order valence-corrected chi connectivity index (χ4v) is 3.80. The molecule has 7 heteroatoms. The van der Waals surface area contributed by atoms with Crippen LogP contribution in [-0.4, -0.2) is 32.2 Å². The second-order valence-electron chi connectivity index (χ2n) is 5.31. The largest absolute Gasteiger partial charge is 0.454 e. The Morgan fingerprint density at radius 1 is 1.45 bits per heavy atom. The van der Waals surface area contributed by atoms with Gasteiger partial charge in [0.2, 0.25) is 0 Å². The lowest BCUT2D eigenvalue weighted by Gasteiger charge is -2.17. The number of rotatable bonds is 5. The number of amides is 1. The van der Waals surface area contributed by atoms with Crippen LogP contribution in [-0.2, 0) is 31.9 Å². The Kier molecular flexibility index (Phi) is 5.52. The molecule has 1 aliphatic carbocycles. The topological polar surface area (TPSA) is 88.4 Å². The molecular weight excluding hydrogens is 304 g/mol. The predicted octanol–water partition coefficient (Wildman–Crippen LogP) is 1.87. The number of methoxy groups -OCH3 is 1. The standard InChI is InChI=1S/C15H18N2O4S/c1-9-3-4-10-11(6-16)15(22-12(10)5-9)17-13(18)7-21-14(19)8-20-2/h9H,3-5,7-8H2,1-2H3,(H,17,18)/t9-/m1/s1. The first kappa shape index (κ1) is 16.5. The highest BCUT2D eigenvalue weighted by Gasteiger charge is 2.24. The van der Waals surface area contributed by atoms with Gasteiger partial charge in [-0.1, -0.05) is 6.92 Å². The average Bonchev–Trinajstić information content (AvgIpc) is 2.81. The van der Waals surface area contributed by atoms with Crippen molar-refractivity contribution in [1.29, 1.82) is 5.26 Å². The third-order valence-electron chi connectivity index (χ3n) is 3.50. The van der Waals surface area contributed by atoms with Crippen molar-refractivity contribution in [1.82, 2.24) is 0 Å². The number of nitriles is 1. The highest BCUT2D eigenvalue weighted by Crippen LogP contribution is 2.39. The average molecular weight is 322 g/mol. The van der Waals surface area contributed by atoms with E-state index in [9.17, 15) is 14.9 Å². The van der Waals surface area contributed by atoms with Crippen molar-refractivity contribution in [3.63, 3.8) is 0 Å². The molecule has 0 spiro atoms. The maximum absolute atomic E-state index is 11.8. The first-order valence-electron chi connectivity index (χ1n) is 7.04. The molecule has 0 radical (unpaired) electrons. The van der Waals surface area contributed by atoms with E-state index >= 15 is 0 Å². The maximum atomic E-state index is 11.8. The summed E-state index contributed by atoms with van der Waals surface area (Å²) in [6.07, 6.45) is 2.86. The minimum atomic E-state index is -0.600. The van der Waals surface area contributed by atoms with Gasteiger partial charge in [-0.2, -0.15) is 5.26 Å². The molecule has 0 aromatic carbocycles. The lowest BCUT2D eigenvalue weighted by atomic mass is 9.89. The van der Waals surface area contributed by atoms with Crippen LogP contribution in [0.2, 0.25) is 0 Å². The maximum Gasteiger partial charge on any atom is 0.332 e.